The van der Waals surface area contributed by atoms with Gasteiger partial charge in [0.1, 0.15) is 0 Å². The molecule has 0 bridgehead atoms. The highest BCUT2D eigenvalue weighted by atomic mass is 35.5. The van der Waals surface area contributed by atoms with Gasteiger partial charge in [-0.05, 0) is 29.8 Å². The molecule has 0 aliphatic heterocycles. The van der Waals surface area contributed by atoms with Crippen LogP contribution in [0.2, 0.25) is 10.0 Å². The molecule has 106 valence electrons. The summed E-state index contributed by atoms with van der Waals surface area (Å²) in [6.07, 6.45) is -0.0000520. The summed E-state index contributed by atoms with van der Waals surface area (Å²) in [6, 6.07) is 11.1. The molecule has 0 aliphatic carbocycles. The third-order valence-corrected chi connectivity index (χ3v) is 3.88. The van der Waals surface area contributed by atoms with E-state index in [4.69, 9.17) is 27.6 Å². The lowest BCUT2D eigenvalue weighted by molar-refractivity contribution is 0.0968. The summed E-state index contributed by atoms with van der Waals surface area (Å²) >= 11 is 12.1. The third-order valence-electron chi connectivity index (χ3n) is 3.17. The number of fused-ring (bicyclic) bond motifs is 1. The van der Waals surface area contributed by atoms with Crippen molar-refractivity contribution in [2.75, 3.05) is 0 Å². The number of para-hydroxylation sites is 1. The van der Waals surface area contributed by atoms with E-state index in [-0.39, 0.29) is 23.5 Å². The zero-order valence-corrected chi connectivity index (χ0v) is 12.2. The number of Topliss-reactive ketones (excluding diaryl/α,β-unsaturated/α-hetero) is 1. The number of ketones is 1. The van der Waals surface area contributed by atoms with Crippen molar-refractivity contribution in [3.8, 4) is 0 Å². The standard InChI is InChI=1S/C16H9Cl2FO2/c17-11-4-2-5-12(18)10(11)8-14(20)15-7-9-3-1-6-13(19)16(9)21-15/h1-7H,8H2. The van der Waals surface area contributed by atoms with Crippen LogP contribution in [0.25, 0.3) is 11.0 Å². The SMILES string of the molecule is O=C(Cc1c(Cl)cccc1Cl)c1cc2cccc(F)c2o1. The predicted octanol–water partition coefficient (Wildman–Crippen LogP) is 5.30. The van der Waals surface area contributed by atoms with Gasteiger partial charge in [0.2, 0.25) is 5.78 Å². The molecule has 0 saturated carbocycles. The molecule has 3 aromatic rings. The highest BCUT2D eigenvalue weighted by Gasteiger charge is 2.17. The summed E-state index contributed by atoms with van der Waals surface area (Å²) in [5.74, 6) is -0.714. The molecule has 0 unspecified atom stereocenters. The molecule has 0 spiro atoms. The molecule has 2 aromatic carbocycles. The van der Waals surface area contributed by atoms with Gasteiger partial charge in [0.05, 0.1) is 0 Å². The largest absolute Gasteiger partial charge is 0.450 e. The van der Waals surface area contributed by atoms with Crippen LogP contribution in [0.1, 0.15) is 16.1 Å². The van der Waals surface area contributed by atoms with Gasteiger partial charge in [-0.1, -0.05) is 41.4 Å². The molecule has 3 rings (SSSR count). The maximum atomic E-state index is 13.6. The van der Waals surface area contributed by atoms with Gasteiger partial charge in [-0.25, -0.2) is 4.39 Å². The van der Waals surface area contributed by atoms with Crippen molar-refractivity contribution in [1.29, 1.82) is 0 Å². The van der Waals surface area contributed by atoms with Crippen LogP contribution in [0, 0.1) is 5.82 Å². The number of rotatable bonds is 3. The molecule has 0 saturated heterocycles. The van der Waals surface area contributed by atoms with Crippen LogP contribution in [0.5, 0.6) is 0 Å². The Kier molecular flexibility index (Phi) is 3.70. The summed E-state index contributed by atoms with van der Waals surface area (Å²) in [5.41, 5.74) is 0.609. The Morgan fingerprint density at radius 3 is 2.43 bits per heavy atom. The summed E-state index contributed by atoms with van der Waals surface area (Å²) in [7, 11) is 0. The first-order chi connectivity index (χ1) is 10.1. The quantitative estimate of drug-likeness (QED) is 0.612. The number of furan rings is 1. The van der Waals surface area contributed by atoms with Gasteiger partial charge in [0, 0.05) is 21.9 Å². The number of hydrogen-bond acceptors (Lipinski definition) is 2. The average Bonchev–Trinajstić information content (AvgIpc) is 2.88. The van der Waals surface area contributed by atoms with Crippen molar-refractivity contribution >= 4 is 40.0 Å². The molecule has 2 nitrogen and oxygen atoms in total. The van der Waals surface area contributed by atoms with Crippen LogP contribution < -0.4 is 0 Å². The van der Waals surface area contributed by atoms with E-state index in [1.165, 1.54) is 12.1 Å². The van der Waals surface area contributed by atoms with Gasteiger partial charge in [-0.2, -0.15) is 0 Å². The summed E-state index contributed by atoms with van der Waals surface area (Å²) in [5, 5.41) is 1.37. The average molecular weight is 323 g/mol. The second-order valence-corrected chi connectivity index (χ2v) is 5.38. The van der Waals surface area contributed by atoms with Gasteiger partial charge < -0.3 is 4.42 Å². The molecule has 21 heavy (non-hydrogen) atoms. The minimum absolute atomic E-state index is 0.0000520. The minimum atomic E-state index is -0.498. The third kappa shape index (κ3) is 2.67. The first-order valence-electron chi connectivity index (χ1n) is 6.20. The molecular weight excluding hydrogens is 314 g/mol. The zero-order chi connectivity index (χ0) is 15.0. The van der Waals surface area contributed by atoms with Crippen molar-refractivity contribution in [3.63, 3.8) is 0 Å². The number of carbonyl (C=O) groups is 1. The Bertz CT molecular complexity index is 819. The number of carbonyl (C=O) groups excluding carboxylic acids is 1. The van der Waals surface area contributed by atoms with Crippen LogP contribution >= 0.6 is 23.2 Å². The second kappa shape index (κ2) is 5.51. The smallest absolute Gasteiger partial charge is 0.202 e. The van der Waals surface area contributed by atoms with Gasteiger partial charge in [-0.3, -0.25) is 4.79 Å². The first-order valence-corrected chi connectivity index (χ1v) is 6.96. The minimum Gasteiger partial charge on any atom is -0.450 e. The summed E-state index contributed by atoms with van der Waals surface area (Å²) in [4.78, 5) is 12.3. The fourth-order valence-electron chi connectivity index (χ4n) is 2.11. The second-order valence-electron chi connectivity index (χ2n) is 4.57. The number of hydrogen-bond donors (Lipinski definition) is 0. The zero-order valence-electron chi connectivity index (χ0n) is 10.7. The van der Waals surface area contributed by atoms with Crippen molar-refractivity contribution < 1.29 is 13.6 Å². The van der Waals surface area contributed by atoms with Crippen LogP contribution in [0.4, 0.5) is 4.39 Å². The van der Waals surface area contributed by atoms with E-state index in [1.807, 2.05) is 0 Å². The van der Waals surface area contributed by atoms with Gasteiger partial charge >= 0.3 is 0 Å². The predicted molar refractivity (Wildman–Crippen MR) is 80.7 cm³/mol. The molecule has 0 N–H and O–H groups in total. The lowest BCUT2D eigenvalue weighted by Gasteiger charge is -2.04. The highest BCUT2D eigenvalue weighted by molar-refractivity contribution is 6.36. The van der Waals surface area contributed by atoms with Crippen molar-refractivity contribution in [1.82, 2.24) is 0 Å². The normalized spacial score (nSPS) is 11.0. The van der Waals surface area contributed by atoms with E-state index in [2.05, 4.69) is 0 Å². The lowest BCUT2D eigenvalue weighted by Crippen LogP contribution is -2.03. The van der Waals surface area contributed by atoms with Crippen molar-refractivity contribution in [2.45, 2.75) is 6.42 Å². The highest BCUT2D eigenvalue weighted by Crippen LogP contribution is 2.27. The van der Waals surface area contributed by atoms with Gasteiger partial charge in [-0.15, -0.1) is 0 Å². The van der Waals surface area contributed by atoms with E-state index in [1.54, 1.807) is 30.3 Å². The summed E-state index contributed by atoms with van der Waals surface area (Å²) < 4.78 is 18.9. The Hall–Kier alpha value is -1.84. The molecule has 1 aromatic heterocycles. The molecule has 0 atom stereocenters. The molecule has 5 heteroatoms. The molecule has 0 amide bonds. The van der Waals surface area contributed by atoms with E-state index < -0.39 is 5.82 Å². The molecule has 0 fully saturated rings. The number of benzene rings is 2. The number of halogens is 3. The Morgan fingerprint density at radius 2 is 1.76 bits per heavy atom. The van der Waals surface area contributed by atoms with Crippen LogP contribution in [0.15, 0.2) is 46.9 Å². The van der Waals surface area contributed by atoms with Crippen LogP contribution in [-0.4, -0.2) is 5.78 Å². The fourth-order valence-corrected chi connectivity index (χ4v) is 2.64. The van der Waals surface area contributed by atoms with Gasteiger partial charge in [0.25, 0.3) is 0 Å². The van der Waals surface area contributed by atoms with E-state index in [0.717, 1.165) is 0 Å². The van der Waals surface area contributed by atoms with E-state index in [9.17, 15) is 9.18 Å². The van der Waals surface area contributed by atoms with Gasteiger partial charge in [0.15, 0.2) is 17.2 Å². The maximum Gasteiger partial charge on any atom is 0.202 e. The van der Waals surface area contributed by atoms with Crippen LogP contribution in [-0.2, 0) is 6.42 Å². The van der Waals surface area contributed by atoms with Crippen molar-refractivity contribution in [2.24, 2.45) is 0 Å². The Balaban J connectivity index is 1.96. The Morgan fingerprint density at radius 1 is 1.10 bits per heavy atom. The van der Waals surface area contributed by atoms with Crippen LogP contribution in [0.3, 0.4) is 0 Å². The monoisotopic (exact) mass is 322 g/mol. The molecule has 0 aliphatic rings. The topological polar surface area (TPSA) is 30.2 Å². The fraction of sp³-hybridized carbons (Fsp3) is 0.0625. The van der Waals surface area contributed by atoms with E-state index >= 15 is 0 Å². The molecule has 0 radical (unpaired) electrons. The maximum absolute atomic E-state index is 13.6. The Labute approximate surface area is 130 Å². The molecular formula is C16H9Cl2FO2. The lowest BCUT2D eigenvalue weighted by atomic mass is 10.1. The first kappa shape index (κ1) is 14.1. The van der Waals surface area contributed by atoms with Crippen molar-refractivity contribution in [3.05, 3.63) is 69.7 Å². The summed E-state index contributed by atoms with van der Waals surface area (Å²) in [6.45, 7) is 0. The molecule has 1 heterocycles. The van der Waals surface area contributed by atoms with E-state index in [0.29, 0.717) is 21.0 Å².